The molecule has 0 radical (unpaired) electrons. The Morgan fingerprint density at radius 2 is 1.80 bits per heavy atom. The van der Waals surface area contributed by atoms with Gasteiger partial charge in [0.1, 0.15) is 5.76 Å². The minimum atomic E-state index is -1.17. The van der Waals surface area contributed by atoms with Crippen molar-refractivity contribution in [3.63, 3.8) is 0 Å². The van der Waals surface area contributed by atoms with Crippen molar-refractivity contribution in [1.29, 1.82) is 0 Å². The van der Waals surface area contributed by atoms with Crippen LogP contribution in [0.5, 0.6) is 0 Å². The van der Waals surface area contributed by atoms with Crippen LogP contribution in [0.4, 0.5) is 9.59 Å². The first-order chi connectivity index (χ1) is 14.3. The molecule has 9 nitrogen and oxygen atoms in total. The summed E-state index contributed by atoms with van der Waals surface area (Å²) in [4.78, 5) is 42.8. The molecule has 0 N–H and O–H groups in total. The number of allylic oxidation sites excluding steroid dienone is 1. The lowest BCUT2D eigenvalue weighted by Crippen LogP contribution is -2.45. The molecule has 1 fully saturated rings. The first-order valence-corrected chi connectivity index (χ1v) is 11.0. The van der Waals surface area contributed by atoms with Crippen molar-refractivity contribution >= 4 is 29.9 Å². The van der Waals surface area contributed by atoms with E-state index in [1.165, 1.54) is 19.3 Å². The van der Waals surface area contributed by atoms with Gasteiger partial charge in [-0.2, -0.15) is 4.42 Å². The Balaban J connectivity index is 2.15. The van der Waals surface area contributed by atoms with Gasteiger partial charge in [-0.3, -0.25) is 4.79 Å². The van der Waals surface area contributed by atoms with Crippen LogP contribution in [0.3, 0.4) is 0 Å². The second-order valence-corrected chi connectivity index (χ2v) is 7.67. The Hall–Kier alpha value is -2.16. The number of carbonyl (C=O) groups is 3. The van der Waals surface area contributed by atoms with E-state index in [9.17, 15) is 14.4 Å². The molecule has 1 saturated heterocycles. The van der Waals surface area contributed by atoms with Gasteiger partial charge >= 0.3 is 12.2 Å². The van der Waals surface area contributed by atoms with Gasteiger partial charge in [0.25, 0.3) is 6.29 Å². The zero-order valence-electron chi connectivity index (χ0n) is 18.2. The number of fused-ring (bicyclic) bond motifs is 1. The van der Waals surface area contributed by atoms with Crippen LogP contribution in [-0.2, 0) is 19.1 Å². The van der Waals surface area contributed by atoms with Crippen LogP contribution >= 0.6 is 11.8 Å². The van der Waals surface area contributed by atoms with Gasteiger partial charge in [-0.05, 0) is 20.3 Å². The predicted molar refractivity (Wildman–Crippen MR) is 110 cm³/mol. The summed E-state index contributed by atoms with van der Waals surface area (Å²) in [5.74, 6) is 0.0971. The Morgan fingerprint density at radius 3 is 2.40 bits per heavy atom. The molecule has 0 aliphatic carbocycles. The van der Waals surface area contributed by atoms with E-state index in [1.54, 1.807) is 0 Å². The van der Waals surface area contributed by atoms with E-state index in [1.807, 2.05) is 13.8 Å². The molecule has 2 heterocycles. The SMILES string of the molecule is CCCCCCCC1=C(N(CC)CC)CC2C(OC(=O)N2OC(=O)N(Cl)C(C)=O)O1. The van der Waals surface area contributed by atoms with Crippen molar-refractivity contribution in [1.82, 2.24) is 14.4 Å². The third-order valence-electron chi connectivity index (χ3n) is 5.26. The molecule has 0 aromatic carbocycles. The summed E-state index contributed by atoms with van der Waals surface area (Å²) in [6.45, 7) is 8.94. The molecule has 2 rings (SSSR count). The molecular formula is C20H32ClN3O6. The molecule has 30 heavy (non-hydrogen) atoms. The van der Waals surface area contributed by atoms with E-state index < -0.39 is 30.4 Å². The van der Waals surface area contributed by atoms with E-state index in [-0.39, 0.29) is 4.42 Å². The van der Waals surface area contributed by atoms with Crippen molar-refractivity contribution in [2.45, 2.75) is 85.0 Å². The minimum Gasteiger partial charge on any atom is -0.455 e. The lowest BCUT2D eigenvalue weighted by Gasteiger charge is -2.36. The summed E-state index contributed by atoms with van der Waals surface area (Å²) in [6, 6.07) is -0.655. The van der Waals surface area contributed by atoms with Crippen LogP contribution in [0.15, 0.2) is 11.5 Å². The molecule has 170 valence electrons. The molecule has 0 aromatic heterocycles. The number of nitrogens with zero attached hydrogens (tertiary/aromatic N) is 3. The van der Waals surface area contributed by atoms with Crippen molar-refractivity contribution in [3.05, 3.63) is 11.5 Å². The molecular weight excluding hydrogens is 414 g/mol. The second-order valence-electron chi connectivity index (χ2n) is 7.33. The summed E-state index contributed by atoms with van der Waals surface area (Å²) >= 11 is 5.59. The summed E-state index contributed by atoms with van der Waals surface area (Å²) in [6.07, 6.45) is 3.95. The van der Waals surface area contributed by atoms with E-state index >= 15 is 0 Å². The molecule has 2 atom stereocenters. The largest absolute Gasteiger partial charge is 0.456 e. The maximum Gasteiger partial charge on any atom is 0.456 e. The number of ether oxygens (including phenoxy) is 2. The number of amides is 3. The number of carbonyl (C=O) groups excluding carboxylic acids is 3. The fourth-order valence-corrected chi connectivity index (χ4v) is 3.67. The molecule has 3 amide bonds. The average Bonchev–Trinajstić information content (AvgIpc) is 3.02. The van der Waals surface area contributed by atoms with Crippen molar-refractivity contribution in [2.24, 2.45) is 0 Å². The van der Waals surface area contributed by atoms with E-state index in [4.69, 9.17) is 26.1 Å². The van der Waals surface area contributed by atoms with Gasteiger partial charge < -0.3 is 19.2 Å². The number of halogens is 1. The van der Waals surface area contributed by atoms with E-state index in [0.717, 1.165) is 55.8 Å². The average molecular weight is 446 g/mol. The third-order valence-corrected chi connectivity index (χ3v) is 5.64. The van der Waals surface area contributed by atoms with Gasteiger partial charge in [0, 0.05) is 44.6 Å². The molecule has 0 bridgehead atoms. The van der Waals surface area contributed by atoms with Gasteiger partial charge in [0.2, 0.25) is 5.91 Å². The lowest BCUT2D eigenvalue weighted by atomic mass is 10.0. The van der Waals surface area contributed by atoms with E-state index in [2.05, 4.69) is 11.8 Å². The number of rotatable bonds is 10. The van der Waals surface area contributed by atoms with E-state index in [0.29, 0.717) is 6.42 Å². The normalized spacial score (nSPS) is 20.4. The molecule has 10 heteroatoms. The van der Waals surface area contributed by atoms with Gasteiger partial charge in [-0.25, -0.2) is 9.59 Å². The topological polar surface area (TPSA) is 88.6 Å². The summed E-state index contributed by atoms with van der Waals surface area (Å²) in [7, 11) is 0. The lowest BCUT2D eigenvalue weighted by molar-refractivity contribution is -0.133. The highest BCUT2D eigenvalue weighted by atomic mass is 35.5. The quantitative estimate of drug-likeness (QED) is 0.360. The highest BCUT2D eigenvalue weighted by Gasteiger charge is 2.50. The maximum absolute atomic E-state index is 12.3. The Kier molecular flexibility index (Phi) is 9.08. The van der Waals surface area contributed by atoms with Crippen molar-refractivity contribution in [3.8, 4) is 0 Å². The van der Waals surface area contributed by atoms with Crippen LogP contribution in [-0.4, -0.2) is 57.9 Å². The summed E-state index contributed by atoms with van der Waals surface area (Å²) < 4.78 is 11.6. The van der Waals surface area contributed by atoms with Crippen LogP contribution in [0.1, 0.15) is 72.6 Å². The zero-order chi connectivity index (χ0) is 22.3. The van der Waals surface area contributed by atoms with Crippen LogP contribution in [0.25, 0.3) is 0 Å². The number of hydrogen-bond acceptors (Lipinski definition) is 7. The number of hydroxylamine groups is 2. The molecule has 2 aliphatic rings. The standard InChI is InChI=1S/C20H32ClN3O6/c1-5-8-9-10-11-12-17-15(22(6-2)7-3)13-16-18(28-17)29-20(27)24(16)30-19(26)23(21)14(4)25/h16,18H,5-13H2,1-4H3. The highest BCUT2D eigenvalue weighted by Crippen LogP contribution is 2.37. The first kappa shape index (κ1) is 24.1. The number of hydrogen-bond donors (Lipinski definition) is 0. The number of imide groups is 1. The van der Waals surface area contributed by atoms with Crippen molar-refractivity contribution < 1.29 is 28.7 Å². The predicted octanol–water partition coefficient (Wildman–Crippen LogP) is 4.52. The molecule has 2 aliphatic heterocycles. The molecule has 0 saturated carbocycles. The molecule has 0 aromatic rings. The second kappa shape index (κ2) is 11.3. The fourth-order valence-electron chi connectivity index (χ4n) is 3.63. The monoisotopic (exact) mass is 445 g/mol. The van der Waals surface area contributed by atoms with Gasteiger partial charge in [0.05, 0.1) is 5.70 Å². The van der Waals surface area contributed by atoms with Gasteiger partial charge in [-0.1, -0.05) is 32.6 Å². The summed E-state index contributed by atoms with van der Waals surface area (Å²) in [5.41, 5.74) is 0.977. The maximum atomic E-state index is 12.3. The van der Waals surface area contributed by atoms with Crippen molar-refractivity contribution in [2.75, 3.05) is 13.1 Å². The van der Waals surface area contributed by atoms with Crippen LogP contribution in [0, 0.1) is 0 Å². The number of unbranched alkanes of at least 4 members (excludes halogenated alkanes) is 4. The van der Waals surface area contributed by atoms with Crippen LogP contribution < -0.4 is 0 Å². The zero-order valence-corrected chi connectivity index (χ0v) is 18.9. The molecule has 0 spiro atoms. The Morgan fingerprint density at radius 1 is 1.13 bits per heavy atom. The Labute approximate surface area is 182 Å². The van der Waals surface area contributed by atoms with Gasteiger partial charge in [-0.15, -0.1) is 5.06 Å². The third kappa shape index (κ3) is 5.71. The fraction of sp³-hybridized carbons (Fsp3) is 0.750. The first-order valence-electron chi connectivity index (χ1n) is 10.7. The van der Waals surface area contributed by atoms with Gasteiger partial charge in [0.15, 0.2) is 6.04 Å². The Bertz CT molecular complexity index is 667. The summed E-state index contributed by atoms with van der Waals surface area (Å²) in [5, 5.41) is 0.812. The molecule has 2 unspecified atom stereocenters. The highest BCUT2D eigenvalue weighted by molar-refractivity contribution is 6.28. The minimum absolute atomic E-state index is 0.271. The smallest absolute Gasteiger partial charge is 0.455 e. The van der Waals surface area contributed by atoms with Crippen LogP contribution in [0.2, 0.25) is 0 Å².